The van der Waals surface area contributed by atoms with Crippen LogP contribution < -0.4 is 0 Å². The summed E-state index contributed by atoms with van der Waals surface area (Å²) < 4.78 is 28.2. The van der Waals surface area contributed by atoms with Crippen LogP contribution in [0.15, 0.2) is 54.4 Å². The molecule has 0 nitrogen and oxygen atoms in total. The topological polar surface area (TPSA) is 0 Å². The lowest BCUT2D eigenvalue weighted by Gasteiger charge is -2.09. The Balaban J connectivity index is 2.00. The zero-order chi connectivity index (χ0) is 18.1. The molecule has 0 atom stereocenters. The molecule has 0 saturated heterocycles. The van der Waals surface area contributed by atoms with Crippen LogP contribution in [-0.2, 0) is 19.3 Å². The second kappa shape index (κ2) is 10.1. The van der Waals surface area contributed by atoms with E-state index in [1.54, 1.807) is 12.1 Å². The van der Waals surface area contributed by atoms with Gasteiger partial charge in [0.25, 0.3) is 0 Å². The zero-order valence-corrected chi connectivity index (χ0v) is 15.3. The van der Waals surface area contributed by atoms with Crippen molar-refractivity contribution in [3.05, 3.63) is 76.6 Å². The van der Waals surface area contributed by atoms with E-state index >= 15 is 0 Å². The van der Waals surface area contributed by atoms with E-state index in [1.165, 1.54) is 11.1 Å². The van der Waals surface area contributed by atoms with Crippen molar-refractivity contribution in [3.63, 3.8) is 0 Å². The summed E-state index contributed by atoms with van der Waals surface area (Å²) in [6, 6.07) is 16.0. The number of rotatable bonds is 9. The van der Waals surface area contributed by atoms with E-state index in [9.17, 15) is 8.78 Å². The molecular formula is C23H28F2. The Bertz CT molecular complexity index is 683. The van der Waals surface area contributed by atoms with Crippen LogP contribution in [0.1, 0.15) is 61.8 Å². The molecular weight excluding hydrogens is 314 g/mol. The predicted molar refractivity (Wildman–Crippen MR) is 103 cm³/mol. The molecule has 2 aromatic carbocycles. The van der Waals surface area contributed by atoms with Gasteiger partial charge in [-0.1, -0.05) is 68.8 Å². The van der Waals surface area contributed by atoms with E-state index in [4.69, 9.17) is 0 Å². The summed E-state index contributed by atoms with van der Waals surface area (Å²) in [5, 5.41) is 0. The summed E-state index contributed by atoms with van der Waals surface area (Å²) >= 11 is 0. The zero-order valence-electron chi connectivity index (χ0n) is 15.3. The summed E-state index contributed by atoms with van der Waals surface area (Å²) in [4.78, 5) is 0. The minimum Gasteiger partial charge on any atom is -0.209 e. The van der Waals surface area contributed by atoms with Crippen molar-refractivity contribution in [3.8, 4) is 0 Å². The molecule has 0 aliphatic carbocycles. The molecule has 0 N–H and O–H groups in total. The highest BCUT2D eigenvalue weighted by Gasteiger charge is 2.12. The smallest absolute Gasteiger partial charge is 0.162 e. The summed E-state index contributed by atoms with van der Waals surface area (Å²) in [5.74, 6) is -1.33. The van der Waals surface area contributed by atoms with Crippen molar-refractivity contribution in [2.75, 3.05) is 0 Å². The third kappa shape index (κ3) is 5.81. The largest absolute Gasteiger partial charge is 0.209 e. The number of hydrogen-bond donors (Lipinski definition) is 0. The number of benzene rings is 2. The monoisotopic (exact) mass is 342 g/mol. The third-order valence-electron chi connectivity index (χ3n) is 4.43. The van der Waals surface area contributed by atoms with Crippen LogP contribution in [0.3, 0.4) is 0 Å². The lowest BCUT2D eigenvalue weighted by Crippen LogP contribution is -1.96. The van der Waals surface area contributed by atoms with E-state index in [0.29, 0.717) is 12.0 Å². The van der Waals surface area contributed by atoms with Crippen LogP contribution in [0.5, 0.6) is 0 Å². The first-order valence-corrected chi connectivity index (χ1v) is 9.36. The number of aryl methyl sites for hydroxylation is 3. The lowest BCUT2D eigenvalue weighted by atomic mass is 9.98. The molecule has 0 amide bonds. The number of hydrogen-bond acceptors (Lipinski definition) is 0. The molecule has 0 saturated carbocycles. The van der Waals surface area contributed by atoms with Crippen LogP contribution in [0.4, 0.5) is 8.78 Å². The summed E-state index contributed by atoms with van der Waals surface area (Å²) in [7, 11) is 0. The highest BCUT2D eigenvalue weighted by molar-refractivity contribution is 5.64. The van der Waals surface area contributed by atoms with Gasteiger partial charge in [0.05, 0.1) is 0 Å². The van der Waals surface area contributed by atoms with Crippen molar-refractivity contribution in [2.45, 2.75) is 58.8 Å². The van der Waals surface area contributed by atoms with Crippen LogP contribution in [0.2, 0.25) is 0 Å². The Kier molecular flexibility index (Phi) is 7.84. The van der Waals surface area contributed by atoms with Crippen LogP contribution >= 0.6 is 0 Å². The molecule has 134 valence electrons. The number of halogens is 2. The molecule has 0 aliphatic heterocycles. The standard InChI is InChI=1S/C23H28F2/c1-3-8-18-14-16-19(17-15-18)10-7-12-20-11-5-6-13-21(20)23(25)22(24)9-4-2/h5-6,11,13-17H,3-4,7-10,12H2,1-2H3/b23-22+. The molecule has 0 aliphatic rings. The van der Waals surface area contributed by atoms with Gasteiger partial charge in [0.2, 0.25) is 0 Å². The molecule has 0 aromatic heterocycles. The molecule has 2 heteroatoms. The highest BCUT2D eigenvalue weighted by Crippen LogP contribution is 2.28. The second-order valence-electron chi connectivity index (χ2n) is 6.55. The highest BCUT2D eigenvalue weighted by atomic mass is 19.2. The van der Waals surface area contributed by atoms with E-state index in [1.807, 2.05) is 19.1 Å². The first-order valence-electron chi connectivity index (χ1n) is 9.36. The Morgan fingerprint density at radius 3 is 2.04 bits per heavy atom. The van der Waals surface area contributed by atoms with Gasteiger partial charge in [-0.25, -0.2) is 8.78 Å². The van der Waals surface area contributed by atoms with E-state index in [2.05, 4.69) is 31.2 Å². The molecule has 2 rings (SSSR count). The average molecular weight is 342 g/mol. The van der Waals surface area contributed by atoms with Gasteiger partial charge in [0.1, 0.15) is 5.83 Å². The maximum Gasteiger partial charge on any atom is 0.162 e. The van der Waals surface area contributed by atoms with Gasteiger partial charge < -0.3 is 0 Å². The van der Waals surface area contributed by atoms with Crippen molar-refractivity contribution in [1.82, 2.24) is 0 Å². The summed E-state index contributed by atoms with van der Waals surface area (Å²) in [6.07, 6.45) is 5.65. The van der Waals surface area contributed by atoms with Crippen molar-refractivity contribution in [2.24, 2.45) is 0 Å². The molecule has 0 radical (unpaired) electrons. The molecule has 0 bridgehead atoms. The van der Waals surface area contributed by atoms with Gasteiger partial charge in [0.15, 0.2) is 5.83 Å². The normalized spacial score (nSPS) is 12.2. The lowest BCUT2D eigenvalue weighted by molar-refractivity contribution is 0.558. The molecule has 0 fully saturated rings. The fourth-order valence-corrected chi connectivity index (χ4v) is 3.07. The Morgan fingerprint density at radius 2 is 1.40 bits per heavy atom. The number of allylic oxidation sites excluding steroid dienone is 1. The minimum atomic E-state index is -0.693. The van der Waals surface area contributed by atoms with Gasteiger partial charge in [-0.2, -0.15) is 0 Å². The Hall–Kier alpha value is -1.96. The minimum absolute atomic E-state index is 0.157. The molecule has 2 aromatic rings. The fourth-order valence-electron chi connectivity index (χ4n) is 3.07. The van der Waals surface area contributed by atoms with Crippen LogP contribution in [-0.4, -0.2) is 0 Å². The quantitative estimate of drug-likeness (QED) is 0.451. The van der Waals surface area contributed by atoms with Gasteiger partial charge in [-0.05, 0) is 48.8 Å². The van der Waals surface area contributed by atoms with Gasteiger partial charge in [-0.15, -0.1) is 0 Å². The van der Waals surface area contributed by atoms with Crippen LogP contribution in [0, 0.1) is 0 Å². The fraction of sp³-hybridized carbons (Fsp3) is 0.391. The first-order chi connectivity index (χ1) is 12.2. The van der Waals surface area contributed by atoms with Gasteiger partial charge in [-0.3, -0.25) is 0 Å². The van der Waals surface area contributed by atoms with Crippen LogP contribution in [0.25, 0.3) is 5.83 Å². The van der Waals surface area contributed by atoms with Crippen molar-refractivity contribution < 1.29 is 8.78 Å². The SMILES string of the molecule is CCC/C(F)=C(\F)c1ccccc1CCCc1ccc(CCC)cc1. The van der Waals surface area contributed by atoms with Crippen molar-refractivity contribution >= 4 is 5.83 Å². The van der Waals surface area contributed by atoms with E-state index in [-0.39, 0.29) is 6.42 Å². The Morgan fingerprint density at radius 1 is 0.760 bits per heavy atom. The molecule has 0 heterocycles. The van der Waals surface area contributed by atoms with E-state index < -0.39 is 11.7 Å². The maximum absolute atomic E-state index is 14.3. The van der Waals surface area contributed by atoms with Crippen molar-refractivity contribution in [1.29, 1.82) is 0 Å². The first kappa shape index (κ1) is 19.4. The van der Waals surface area contributed by atoms with E-state index in [0.717, 1.165) is 37.7 Å². The van der Waals surface area contributed by atoms with Gasteiger partial charge in [0, 0.05) is 12.0 Å². The molecule has 0 spiro atoms. The second-order valence-corrected chi connectivity index (χ2v) is 6.55. The molecule has 25 heavy (non-hydrogen) atoms. The third-order valence-corrected chi connectivity index (χ3v) is 4.43. The maximum atomic E-state index is 14.3. The molecule has 0 unspecified atom stereocenters. The Labute approximate surface area is 150 Å². The predicted octanol–water partition coefficient (Wildman–Crippen LogP) is 7.22. The summed E-state index contributed by atoms with van der Waals surface area (Å²) in [6.45, 7) is 4.03. The summed E-state index contributed by atoms with van der Waals surface area (Å²) in [5.41, 5.74) is 3.96. The average Bonchev–Trinajstić information content (AvgIpc) is 2.63. The van der Waals surface area contributed by atoms with Gasteiger partial charge >= 0.3 is 0 Å².